The number of halogens is 1. The third-order valence-corrected chi connectivity index (χ3v) is 4.58. The van der Waals surface area contributed by atoms with Gasteiger partial charge in [-0.15, -0.1) is 0 Å². The SMILES string of the molecule is Oc1cccc(-c2cc(CC3(NCc4ccccc4F)COC3)no2)c1. The van der Waals surface area contributed by atoms with Crippen LogP contribution in [-0.2, 0) is 17.7 Å². The van der Waals surface area contributed by atoms with Gasteiger partial charge in [0.05, 0.1) is 24.4 Å². The average Bonchev–Trinajstić information content (AvgIpc) is 3.07. The fraction of sp³-hybridized carbons (Fsp3) is 0.250. The zero-order chi connectivity index (χ0) is 18.0. The Morgan fingerprint density at radius 1 is 1.12 bits per heavy atom. The van der Waals surface area contributed by atoms with E-state index in [4.69, 9.17) is 9.26 Å². The Morgan fingerprint density at radius 2 is 1.96 bits per heavy atom. The highest BCUT2D eigenvalue weighted by Gasteiger charge is 2.39. The molecule has 0 radical (unpaired) electrons. The molecule has 1 saturated heterocycles. The van der Waals surface area contributed by atoms with Gasteiger partial charge in [0, 0.05) is 30.2 Å². The fourth-order valence-corrected chi connectivity index (χ4v) is 3.08. The summed E-state index contributed by atoms with van der Waals surface area (Å²) >= 11 is 0. The number of nitrogens with one attached hydrogen (secondary N) is 1. The quantitative estimate of drug-likeness (QED) is 0.711. The zero-order valence-corrected chi connectivity index (χ0v) is 14.1. The number of ether oxygens (including phenoxy) is 1. The molecule has 134 valence electrons. The van der Waals surface area contributed by atoms with Crippen molar-refractivity contribution in [3.05, 3.63) is 71.7 Å². The van der Waals surface area contributed by atoms with Crippen LogP contribution >= 0.6 is 0 Å². The minimum atomic E-state index is -0.282. The summed E-state index contributed by atoms with van der Waals surface area (Å²) in [6.07, 6.45) is 0.615. The topological polar surface area (TPSA) is 67.5 Å². The molecule has 1 aromatic heterocycles. The van der Waals surface area contributed by atoms with Crippen molar-refractivity contribution in [1.82, 2.24) is 10.5 Å². The van der Waals surface area contributed by atoms with Gasteiger partial charge in [-0.2, -0.15) is 0 Å². The number of phenols is 1. The minimum Gasteiger partial charge on any atom is -0.508 e. The Morgan fingerprint density at radius 3 is 2.69 bits per heavy atom. The first-order valence-electron chi connectivity index (χ1n) is 8.45. The molecule has 2 aromatic carbocycles. The van der Waals surface area contributed by atoms with Gasteiger partial charge in [-0.1, -0.05) is 35.5 Å². The van der Waals surface area contributed by atoms with Crippen molar-refractivity contribution < 1.29 is 18.8 Å². The molecule has 0 amide bonds. The second kappa shape index (κ2) is 6.90. The van der Waals surface area contributed by atoms with E-state index in [2.05, 4.69) is 10.5 Å². The molecule has 0 bridgehead atoms. The van der Waals surface area contributed by atoms with E-state index in [0.717, 1.165) is 11.3 Å². The van der Waals surface area contributed by atoms with Gasteiger partial charge in [-0.05, 0) is 18.2 Å². The van der Waals surface area contributed by atoms with Gasteiger partial charge >= 0.3 is 0 Å². The first kappa shape index (κ1) is 16.8. The van der Waals surface area contributed by atoms with Crippen molar-refractivity contribution in [2.24, 2.45) is 0 Å². The van der Waals surface area contributed by atoms with Crippen LogP contribution < -0.4 is 5.32 Å². The minimum absolute atomic E-state index is 0.177. The lowest BCUT2D eigenvalue weighted by molar-refractivity contribution is -0.0756. The van der Waals surface area contributed by atoms with Crippen LogP contribution in [0.15, 0.2) is 59.1 Å². The number of hydrogen-bond acceptors (Lipinski definition) is 5. The Labute approximate surface area is 150 Å². The molecule has 2 heterocycles. The molecular formula is C20H19FN2O3. The van der Waals surface area contributed by atoms with Gasteiger partial charge in [-0.3, -0.25) is 0 Å². The van der Waals surface area contributed by atoms with Gasteiger partial charge in [0.1, 0.15) is 11.6 Å². The largest absolute Gasteiger partial charge is 0.508 e. The lowest BCUT2D eigenvalue weighted by Crippen LogP contribution is -2.61. The van der Waals surface area contributed by atoms with E-state index < -0.39 is 0 Å². The summed E-state index contributed by atoms with van der Waals surface area (Å²) < 4.78 is 24.6. The van der Waals surface area contributed by atoms with E-state index >= 15 is 0 Å². The summed E-state index contributed by atoms with van der Waals surface area (Å²) in [5, 5.41) is 17.1. The van der Waals surface area contributed by atoms with Crippen LogP contribution in [0.25, 0.3) is 11.3 Å². The normalized spacial score (nSPS) is 15.6. The molecule has 0 saturated carbocycles. The Kier molecular flexibility index (Phi) is 4.44. The summed E-state index contributed by atoms with van der Waals surface area (Å²) in [5.41, 5.74) is 1.89. The smallest absolute Gasteiger partial charge is 0.167 e. The van der Waals surface area contributed by atoms with Crippen LogP contribution in [0, 0.1) is 5.82 Å². The molecule has 1 aliphatic heterocycles. The zero-order valence-electron chi connectivity index (χ0n) is 14.1. The molecule has 5 nitrogen and oxygen atoms in total. The van der Waals surface area contributed by atoms with Gasteiger partial charge < -0.3 is 19.7 Å². The van der Waals surface area contributed by atoms with Crippen LogP contribution in [0.2, 0.25) is 0 Å². The molecule has 0 aliphatic carbocycles. The summed E-state index contributed by atoms with van der Waals surface area (Å²) in [5.74, 6) is 0.555. The Balaban J connectivity index is 1.46. The van der Waals surface area contributed by atoms with Crippen LogP contribution in [0.3, 0.4) is 0 Å². The van der Waals surface area contributed by atoms with E-state index in [-0.39, 0.29) is 17.1 Å². The molecule has 1 aliphatic rings. The van der Waals surface area contributed by atoms with Crippen molar-refractivity contribution in [3.8, 4) is 17.1 Å². The maximum atomic E-state index is 13.8. The average molecular weight is 354 g/mol. The van der Waals surface area contributed by atoms with Crippen molar-refractivity contribution >= 4 is 0 Å². The summed E-state index contributed by atoms with van der Waals surface area (Å²) in [6.45, 7) is 1.50. The molecule has 3 aromatic rings. The number of aromatic hydroxyl groups is 1. The summed E-state index contributed by atoms with van der Waals surface area (Å²) in [4.78, 5) is 0. The number of hydrogen-bond donors (Lipinski definition) is 2. The standard InChI is InChI=1S/C20H19FN2O3/c21-18-7-2-1-4-15(18)11-22-20(12-25-13-20)10-16-9-19(26-23-16)14-5-3-6-17(24)8-14/h1-9,22,24H,10-13H2. The molecule has 26 heavy (non-hydrogen) atoms. The maximum Gasteiger partial charge on any atom is 0.167 e. The lowest BCUT2D eigenvalue weighted by atomic mass is 9.90. The highest BCUT2D eigenvalue weighted by atomic mass is 19.1. The molecule has 6 heteroatoms. The maximum absolute atomic E-state index is 13.8. The van der Waals surface area contributed by atoms with Gasteiger partial charge in [0.15, 0.2) is 5.76 Å². The molecular weight excluding hydrogens is 335 g/mol. The lowest BCUT2D eigenvalue weighted by Gasteiger charge is -2.42. The van der Waals surface area contributed by atoms with E-state index in [1.54, 1.807) is 30.3 Å². The Hall–Kier alpha value is -2.70. The van der Waals surface area contributed by atoms with E-state index in [9.17, 15) is 9.50 Å². The van der Waals surface area contributed by atoms with Crippen LogP contribution in [-0.4, -0.2) is 29.0 Å². The highest BCUT2D eigenvalue weighted by molar-refractivity contribution is 5.59. The third kappa shape index (κ3) is 3.47. The van der Waals surface area contributed by atoms with Crippen LogP contribution in [0.5, 0.6) is 5.75 Å². The van der Waals surface area contributed by atoms with Crippen LogP contribution in [0.4, 0.5) is 4.39 Å². The number of nitrogens with zero attached hydrogens (tertiary/aromatic N) is 1. The van der Waals surface area contributed by atoms with Crippen molar-refractivity contribution in [2.75, 3.05) is 13.2 Å². The van der Waals surface area contributed by atoms with E-state index in [1.807, 2.05) is 18.2 Å². The number of benzene rings is 2. The first-order chi connectivity index (χ1) is 12.6. The predicted molar refractivity (Wildman–Crippen MR) is 94.1 cm³/mol. The third-order valence-electron chi connectivity index (χ3n) is 4.58. The highest BCUT2D eigenvalue weighted by Crippen LogP contribution is 2.27. The van der Waals surface area contributed by atoms with E-state index in [1.165, 1.54) is 6.07 Å². The first-order valence-corrected chi connectivity index (χ1v) is 8.45. The molecule has 0 atom stereocenters. The number of aromatic nitrogens is 1. The number of phenolic OH excluding ortho intramolecular Hbond substituents is 1. The Bertz CT molecular complexity index is 905. The molecule has 4 rings (SSSR count). The second-order valence-electron chi connectivity index (χ2n) is 6.63. The predicted octanol–water partition coefficient (Wildman–Crippen LogP) is 3.29. The summed E-state index contributed by atoms with van der Waals surface area (Å²) in [6, 6.07) is 15.4. The van der Waals surface area contributed by atoms with E-state index in [0.29, 0.717) is 37.5 Å². The van der Waals surface area contributed by atoms with Gasteiger partial charge in [0.25, 0.3) is 0 Å². The molecule has 2 N–H and O–H groups in total. The van der Waals surface area contributed by atoms with Crippen molar-refractivity contribution in [3.63, 3.8) is 0 Å². The monoisotopic (exact) mass is 354 g/mol. The fourth-order valence-electron chi connectivity index (χ4n) is 3.08. The van der Waals surface area contributed by atoms with Crippen LogP contribution in [0.1, 0.15) is 11.3 Å². The van der Waals surface area contributed by atoms with Gasteiger partial charge in [-0.25, -0.2) is 4.39 Å². The van der Waals surface area contributed by atoms with Gasteiger partial charge in [0.2, 0.25) is 0 Å². The second-order valence-corrected chi connectivity index (χ2v) is 6.63. The number of rotatable bonds is 6. The molecule has 0 unspecified atom stereocenters. The van der Waals surface area contributed by atoms with Crippen molar-refractivity contribution in [1.29, 1.82) is 0 Å². The molecule has 0 spiro atoms. The molecule has 1 fully saturated rings. The van der Waals surface area contributed by atoms with Crippen molar-refractivity contribution in [2.45, 2.75) is 18.5 Å². The summed E-state index contributed by atoms with van der Waals surface area (Å²) in [7, 11) is 0.